The van der Waals surface area contributed by atoms with E-state index in [1.54, 1.807) is 0 Å². The van der Waals surface area contributed by atoms with Gasteiger partial charge in [-0.15, -0.1) is 0 Å². The molecule has 2 aromatic carbocycles. The highest BCUT2D eigenvalue weighted by atomic mass is 14.4. The van der Waals surface area contributed by atoms with Gasteiger partial charge in [-0.1, -0.05) is 69.3 Å². The van der Waals surface area contributed by atoms with E-state index in [2.05, 4.69) is 69.3 Å². The summed E-state index contributed by atoms with van der Waals surface area (Å²) in [6, 6.07) is 17.9. The van der Waals surface area contributed by atoms with Gasteiger partial charge in [-0.2, -0.15) is 0 Å². The van der Waals surface area contributed by atoms with E-state index in [4.69, 9.17) is 0 Å². The van der Waals surface area contributed by atoms with Gasteiger partial charge >= 0.3 is 0 Å². The molecule has 0 atom stereocenters. The first kappa shape index (κ1) is 11.5. The van der Waals surface area contributed by atoms with E-state index >= 15 is 0 Å². The molecule has 0 spiro atoms. The van der Waals surface area contributed by atoms with Crippen molar-refractivity contribution in [3.63, 3.8) is 0 Å². The zero-order valence-electron chi connectivity index (χ0n) is 11.4. The van der Waals surface area contributed by atoms with E-state index < -0.39 is 0 Å². The van der Waals surface area contributed by atoms with Gasteiger partial charge in [0.2, 0.25) is 0 Å². The Hall–Kier alpha value is -1.56. The van der Waals surface area contributed by atoms with Gasteiger partial charge in [0, 0.05) is 11.3 Å². The van der Waals surface area contributed by atoms with E-state index in [0.717, 1.165) is 6.42 Å². The lowest BCUT2D eigenvalue weighted by Gasteiger charge is -2.40. The Bertz CT molecular complexity index is 533. The monoisotopic (exact) mass is 236 g/mol. The number of hydrogen-bond donors (Lipinski definition) is 0. The second-order valence-electron chi connectivity index (χ2n) is 5.58. The molecule has 0 nitrogen and oxygen atoms in total. The van der Waals surface area contributed by atoms with Crippen molar-refractivity contribution in [1.82, 2.24) is 0 Å². The number of benzene rings is 2. The first-order valence-corrected chi connectivity index (χ1v) is 6.87. The lowest BCUT2D eigenvalue weighted by Crippen LogP contribution is -2.30. The van der Waals surface area contributed by atoms with Crippen LogP contribution in [0.15, 0.2) is 48.5 Å². The standard InChI is InChI=1S/C18H20/c1-4-18(3)16-11-7-5-9-14(16)13(2)15-10-6-8-12-17(15)18/h5-13H,4H2,1-3H3. The Balaban J connectivity index is 2.34. The second-order valence-corrected chi connectivity index (χ2v) is 5.58. The zero-order valence-corrected chi connectivity index (χ0v) is 11.4. The molecule has 0 amide bonds. The van der Waals surface area contributed by atoms with Gasteiger partial charge in [-0.05, 0) is 28.7 Å². The Labute approximate surface area is 110 Å². The molecule has 92 valence electrons. The summed E-state index contributed by atoms with van der Waals surface area (Å²) in [5, 5.41) is 0. The minimum absolute atomic E-state index is 0.166. The van der Waals surface area contributed by atoms with E-state index in [9.17, 15) is 0 Å². The van der Waals surface area contributed by atoms with Crippen molar-refractivity contribution < 1.29 is 0 Å². The highest BCUT2D eigenvalue weighted by molar-refractivity contribution is 5.55. The summed E-state index contributed by atoms with van der Waals surface area (Å²) in [5.74, 6) is 0.511. The van der Waals surface area contributed by atoms with Crippen LogP contribution < -0.4 is 0 Å². The molecule has 0 heteroatoms. The molecule has 0 saturated carbocycles. The number of fused-ring (bicyclic) bond motifs is 2. The molecular weight excluding hydrogens is 216 g/mol. The van der Waals surface area contributed by atoms with Crippen LogP contribution in [0.25, 0.3) is 0 Å². The minimum Gasteiger partial charge on any atom is -0.0642 e. The smallest absolute Gasteiger partial charge is 0.0178 e. The van der Waals surface area contributed by atoms with Crippen LogP contribution in [0, 0.1) is 0 Å². The first-order valence-electron chi connectivity index (χ1n) is 6.87. The summed E-state index contributed by atoms with van der Waals surface area (Å²) in [5.41, 5.74) is 6.19. The minimum atomic E-state index is 0.166. The van der Waals surface area contributed by atoms with Crippen LogP contribution in [0.1, 0.15) is 55.4 Å². The molecule has 1 aliphatic carbocycles. The van der Waals surface area contributed by atoms with Gasteiger partial charge in [0.05, 0.1) is 0 Å². The lowest BCUT2D eigenvalue weighted by atomic mass is 9.63. The fraction of sp³-hybridized carbons (Fsp3) is 0.333. The average Bonchev–Trinajstić information content (AvgIpc) is 2.45. The third-order valence-corrected chi connectivity index (χ3v) is 4.75. The van der Waals surface area contributed by atoms with Crippen LogP contribution in [-0.4, -0.2) is 0 Å². The molecule has 2 aromatic rings. The predicted octanol–water partition coefficient (Wildman–Crippen LogP) is 4.87. The summed E-state index contributed by atoms with van der Waals surface area (Å²) in [7, 11) is 0. The third kappa shape index (κ3) is 1.38. The normalized spacial score (nSPS) is 25.4. The molecular formula is C18H20. The Morgan fingerprint density at radius 1 is 0.889 bits per heavy atom. The molecule has 0 fully saturated rings. The Kier molecular flexibility index (Phi) is 2.55. The third-order valence-electron chi connectivity index (χ3n) is 4.75. The van der Waals surface area contributed by atoms with Crippen molar-refractivity contribution in [3.05, 3.63) is 70.8 Å². The molecule has 0 unspecified atom stereocenters. The molecule has 18 heavy (non-hydrogen) atoms. The van der Waals surface area contributed by atoms with Crippen molar-refractivity contribution in [1.29, 1.82) is 0 Å². The predicted molar refractivity (Wildman–Crippen MR) is 77.1 cm³/mol. The van der Waals surface area contributed by atoms with Crippen molar-refractivity contribution in [2.24, 2.45) is 0 Å². The second kappa shape index (κ2) is 3.98. The summed E-state index contributed by atoms with van der Waals surface area (Å²) in [6.45, 7) is 7.01. The summed E-state index contributed by atoms with van der Waals surface area (Å²) < 4.78 is 0. The molecule has 0 saturated heterocycles. The number of rotatable bonds is 1. The zero-order chi connectivity index (χ0) is 12.8. The van der Waals surface area contributed by atoms with Crippen LogP contribution in [0.3, 0.4) is 0 Å². The van der Waals surface area contributed by atoms with E-state index in [0.29, 0.717) is 5.92 Å². The average molecular weight is 236 g/mol. The molecule has 0 radical (unpaired) electrons. The van der Waals surface area contributed by atoms with Crippen molar-refractivity contribution in [2.45, 2.75) is 38.5 Å². The largest absolute Gasteiger partial charge is 0.0642 e. The lowest BCUT2D eigenvalue weighted by molar-refractivity contribution is 0.518. The SMILES string of the molecule is CCC1(C)c2ccccc2C(C)c2ccccc21. The highest BCUT2D eigenvalue weighted by Crippen LogP contribution is 2.47. The number of hydrogen-bond acceptors (Lipinski definition) is 0. The van der Waals surface area contributed by atoms with Crippen LogP contribution in [0.2, 0.25) is 0 Å². The first-order chi connectivity index (χ1) is 8.68. The summed E-state index contributed by atoms with van der Waals surface area (Å²) in [4.78, 5) is 0. The van der Waals surface area contributed by atoms with Crippen LogP contribution in [0.4, 0.5) is 0 Å². The van der Waals surface area contributed by atoms with Gasteiger partial charge in [-0.3, -0.25) is 0 Å². The van der Waals surface area contributed by atoms with Crippen LogP contribution in [-0.2, 0) is 5.41 Å². The molecule has 0 aromatic heterocycles. The van der Waals surface area contributed by atoms with Crippen molar-refractivity contribution in [2.75, 3.05) is 0 Å². The Morgan fingerprint density at radius 3 is 1.78 bits per heavy atom. The fourth-order valence-electron chi connectivity index (χ4n) is 3.45. The maximum absolute atomic E-state index is 2.39. The molecule has 0 heterocycles. The van der Waals surface area contributed by atoms with Crippen LogP contribution in [0.5, 0.6) is 0 Å². The van der Waals surface area contributed by atoms with Gasteiger partial charge in [0.15, 0.2) is 0 Å². The molecule has 0 N–H and O–H groups in total. The highest BCUT2D eigenvalue weighted by Gasteiger charge is 2.37. The summed E-state index contributed by atoms with van der Waals surface area (Å²) >= 11 is 0. The van der Waals surface area contributed by atoms with Gasteiger partial charge in [0.1, 0.15) is 0 Å². The van der Waals surface area contributed by atoms with E-state index in [1.807, 2.05) is 0 Å². The Morgan fingerprint density at radius 2 is 1.33 bits per heavy atom. The summed E-state index contributed by atoms with van der Waals surface area (Å²) in [6.07, 6.45) is 1.15. The molecule has 0 aliphatic heterocycles. The van der Waals surface area contributed by atoms with Crippen molar-refractivity contribution >= 4 is 0 Å². The maximum atomic E-state index is 2.39. The topological polar surface area (TPSA) is 0 Å². The van der Waals surface area contributed by atoms with Crippen LogP contribution >= 0.6 is 0 Å². The molecule has 1 aliphatic rings. The fourth-order valence-corrected chi connectivity index (χ4v) is 3.45. The van der Waals surface area contributed by atoms with E-state index in [1.165, 1.54) is 22.3 Å². The molecule has 0 bridgehead atoms. The van der Waals surface area contributed by atoms with Gasteiger partial charge < -0.3 is 0 Å². The van der Waals surface area contributed by atoms with Gasteiger partial charge in [-0.25, -0.2) is 0 Å². The van der Waals surface area contributed by atoms with Crippen molar-refractivity contribution in [3.8, 4) is 0 Å². The molecule has 3 rings (SSSR count). The van der Waals surface area contributed by atoms with E-state index in [-0.39, 0.29) is 5.41 Å². The van der Waals surface area contributed by atoms with Gasteiger partial charge in [0.25, 0.3) is 0 Å². The maximum Gasteiger partial charge on any atom is 0.0178 e. The quantitative estimate of drug-likeness (QED) is 0.662.